The van der Waals surface area contributed by atoms with Crippen LogP contribution < -0.4 is 10.6 Å². The zero-order chi connectivity index (χ0) is 21.7. The number of urea groups is 1. The first kappa shape index (κ1) is 20.8. The molecule has 2 N–H and O–H groups in total. The third-order valence-corrected chi connectivity index (χ3v) is 4.51. The molecule has 3 rings (SSSR count). The number of imide groups is 1. The van der Waals surface area contributed by atoms with Crippen LogP contribution in [0.25, 0.3) is 0 Å². The molecule has 1 aliphatic rings. The fourth-order valence-electron chi connectivity index (χ4n) is 2.94. The van der Waals surface area contributed by atoms with Crippen molar-refractivity contribution in [3.05, 3.63) is 69.8 Å². The molecular formula is C20H20N4O6. The number of ether oxygens (including phenoxy) is 1. The molecule has 156 valence electrons. The number of benzene rings is 2. The van der Waals surface area contributed by atoms with Gasteiger partial charge in [-0.2, -0.15) is 0 Å². The van der Waals surface area contributed by atoms with Gasteiger partial charge < -0.3 is 15.4 Å². The maximum atomic E-state index is 12.7. The summed E-state index contributed by atoms with van der Waals surface area (Å²) in [6.07, 6.45) is -1.23. The van der Waals surface area contributed by atoms with E-state index in [0.717, 1.165) is 16.5 Å². The minimum absolute atomic E-state index is 0.0781. The van der Waals surface area contributed by atoms with E-state index >= 15 is 0 Å². The van der Waals surface area contributed by atoms with E-state index in [2.05, 4.69) is 10.6 Å². The first-order valence-electron chi connectivity index (χ1n) is 9.23. The zero-order valence-electron chi connectivity index (χ0n) is 16.2. The minimum Gasteiger partial charge on any atom is -0.449 e. The second kappa shape index (κ2) is 9.03. The number of nitro groups is 1. The molecule has 0 saturated carbocycles. The number of hydrogen-bond acceptors (Lipinski definition) is 7. The van der Waals surface area contributed by atoms with Gasteiger partial charge in [-0.1, -0.05) is 30.3 Å². The zero-order valence-corrected chi connectivity index (χ0v) is 16.2. The summed E-state index contributed by atoms with van der Waals surface area (Å²) in [5, 5.41) is 16.7. The molecule has 2 aromatic carbocycles. The lowest BCUT2D eigenvalue weighted by molar-refractivity contribution is -0.384. The highest BCUT2D eigenvalue weighted by molar-refractivity contribution is 6.01. The van der Waals surface area contributed by atoms with Gasteiger partial charge in [0.05, 0.1) is 10.5 Å². The average molecular weight is 412 g/mol. The molecule has 1 saturated heterocycles. The molecule has 1 atom stereocenters. The van der Waals surface area contributed by atoms with E-state index in [1.165, 1.54) is 19.1 Å². The van der Waals surface area contributed by atoms with E-state index in [-0.39, 0.29) is 17.8 Å². The first-order valence-corrected chi connectivity index (χ1v) is 9.23. The molecule has 1 fully saturated rings. The fraction of sp³-hybridized carbons (Fsp3) is 0.250. The second-order valence-electron chi connectivity index (χ2n) is 6.60. The number of hydrogen-bond donors (Lipinski definition) is 2. The molecule has 10 heteroatoms. The van der Waals surface area contributed by atoms with Gasteiger partial charge in [0.15, 0.2) is 6.10 Å². The smallest absolute Gasteiger partial charge is 0.341 e. The maximum absolute atomic E-state index is 12.7. The van der Waals surface area contributed by atoms with Gasteiger partial charge in [0, 0.05) is 37.5 Å². The van der Waals surface area contributed by atoms with Gasteiger partial charge >= 0.3 is 12.0 Å². The molecule has 1 heterocycles. The van der Waals surface area contributed by atoms with Crippen molar-refractivity contribution in [2.24, 2.45) is 0 Å². The summed E-state index contributed by atoms with van der Waals surface area (Å²) in [7, 11) is 0. The number of anilines is 1. The van der Waals surface area contributed by atoms with Gasteiger partial charge in [0.25, 0.3) is 11.6 Å². The molecule has 3 amide bonds. The molecular weight excluding hydrogens is 392 g/mol. The van der Waals surface area contributed by atoms with E-state index in [1.807, 2.05) is 30.3 Å². The Morgan fingerprint density at radius 1 is 1.27 bits per heavy atom. The topological polar surface area (TPSA) is 131 Å². The van der Waals surface area contributed by atoms with Gasteiger partial charge in [-0.25, -0.2) is 9.59 Å². The van der Waals surface area contributed by atoms with Crippen LogP contribution in [0.1, 0.15) is 22.8 Å². The van der Waals surface area contributed by atoms with Crippen LogP contribution in [0.2, 0.25) is 0 Å². The molecule has 0 bridgehead atoms. The summed E-state index contributed by atoms with van der Waals surface area (Å²) < 4.78 is 5.21. The number of rotatable bonds is 7. The molecule has 1 aliphatic heterocycles. The highest BCUT2D eigenvalue weighted by Crippen LogP contribution is 2.24. The van der Waals surface area contributed by atoms with Gasteiger partial charge in [-0.15, -0.1) is 0 Å². The summed E-state index contributed by atoms with van der Waals surface area (Å²) in [6, 6.07) is 12.6. The summed E-state index contributed by atoms with van der Waals surface area (Å²) >= 11 is 0. The molecule has 0 aliphatic carbocycles. The normalized spacial score (nSPS) is 14.0. The number of nitro benzene ring substituents is 1. The van der Waals surface area contributed by atoms with E-state index in [9.17, 15) is 24.5 Å². The van der Waals surface area contributed by atoms with Crippen molar-refractivity contribution in [2.45, 2.75) is 19.6 Å². The van der Waals surface area contributed by atoms with Crippen LogP contribution in [0.5, 0.6) is 0 Å². The Hall–Kier alpha value is -3.95. The van der Waals surface area contributed by atoms with Gasteiger partial charge in [-0.3, -0.25) is 19.8 Å². The third kappa shape index (κ3) is 4.72. The summed E-state index contributed by atoms with van der Waals surface area (Å²) in [6.45, 7) is 2.23. The predicted octanol–water partition coefficient (Wildman–Crippen LogP) is 2.30. The summed E-state index contributed by atoms with van der Waals surface area (Å²) in [4.78, 5) is 48.2. The number of nitrogens with zero attached hydrogens (tertiary/aromatic N) is 2. The lowest BCUT2D eigenvalue weighted by Gasteiger charge is -2.19. The monoisotopic (exact) mass is 412 g/mol. The van der Waals surface area contributed by atoms with E-state index in [4.69, 9.17) is 4.74 Å². The van der Waals surface area contributed by atoms with Crippen LogP contribution in [0, 0.1) is 10.1 Å². The molecule has 2 aromatic rings. The molecule has 30 heavy (non-hydrogen) atoms. The highest BCUT2D eigenvalue weighted by atomic mass is 16.6. The molecule has 0 aromatic heterocycles. The van der Waals surface area contributed by atoms with Crippen molar-refractivity contribution in [1.82, 2.24) is 10.2 Å². The van der Waals surface area contributed by atoms with Crippen LogP contribution in [0.4, 0.5) is 16.2 Å². The average Bonchev–Trinajstić information content (AvgIpc) is 3.17. The number of non-ortho nitro benzene ring substituents is 1. The Balaban J connectivity index is 1.78. The van der Waals surface area contributed by atoms with Crippen LogP contribution in [-0.4, -0.2) is 46.9 Å². The van der Waals surface area contributed by atoms with Crippen LogP contribution >= 0.6 is 0 Å². The predicted molar refractivity (Wildman–Crippen MR) is 107 cm³/mol. The van der Waals surface area contributed by atoms with Crippen molar-refractivity contribution >= 4 is 29.3 Å². The molecule has 10 nitrogen and oxygen atoms in total. The molecule has 0 spiro atoms. The standard InChI is InChI=1S/C20H20N4O6/c1-13(18(25)23-10-9-21-20(23)27)30-19(26)16-11-15(24(28)29)7-8-17(16)22-12-14-5-3-2-4-6-14/h2-8,11,13,22H,9-10,12H2,1H3,(H,21,27)/t13-/m0/s1. The number of amides is 3. The second-order valence-corrected chi connectivity index (χ2v) is 6.60. The number of carbonyl (C=O) groups excluding carboxylic acids is 3. The van der Waals surface area contributed by atoms with Crippen LogP contribution in [0.3, 0.4) is 0 Å². The van der Waals surface area contributed by atoms with Crippen molar-refractivity contribution in [3.63, 3.8) is 0 Å². The van der Waals surface area contributed by atoms with Crippen molar-refractivity contribution in [1.29, 1.82) is 0 Å². The number of esters is 1. The van der Waals surface area contributed by atoms with Crippen LogP contribution in [0.15, 0.2) is 48.5 Å². The maximum Gasteiger partial charge on any atom is 0.341 e. The Labute approximate surface area is 172 Å². The highest BCUT2D eigenvalue weighted by Gasteiger charge is 2.32. The lowest BCUT2D eigenvalue weighted by atomic mass is 10.1. The SMILES string of the molecule is C[C@H](OC(=O)c1cc([N+](=O)[O-])ccc1NCc1ccccc1)C(=O)N1CCNC1=O. The lowest BCUT2D eigenvalue weighted by Crippen LogP contribution is -2.41. The Kier molecular flexibility index (Phi) is 6.26. The third-order valence-electron chi connectivity index (χ3n) is 4.51. The van der Waals surface area contributed by atoms with E-state index in [1.54, 1.807) is 0 Å². The van der Waals surface area contributed by atoms with E-state index < -0.39 is 28.9 Å². The Morgan fingerprint density at radius 2 is 2.00 bits per heavy atom. The fourth-order valence-corrected chi connectivity index (χ4v) is 2.94. The largest absolute Gasteiger partial charge is 0.449 e. The Bertz CT molecular complexity index is 979. The quantitative estimate of drug-likeness (QED) is 0.405. The number of nitrogens with one attached hydrogen (secondary N) is 2. The number of carbonyl (C=O) groups is 3. The van der Waals surface area contributed by atoms with E-state index in [0.29, 0.717) is 18.8 Å². The Morgan fingerprint density at radius 3 is 2.63 bits per heavy atom. The minimum atomic E-state index is -1.23. The van der Waals surface area contributed by atoms with Crippen LogP contribution in [-0.2, 0) is 16.1 Å². The van der Waals surface area contributed by atoms with Crippen molar-refractivity contribution < 1.29 is 24.0 Å². The van der Waals surface area contributed by atoms with Gasteiger partial charge in [-0.05, 0) is 18.6 Å². The summed E-state index contributed by atoms with van der Waals surface area (Å²) in [5.41, 5.74) is 0.905. The molecule has 0 unspecified atom stereocenters. The van der Waals surface area contributed by atoms with Crippen molar-refractivity contribution in [2.75, 3.05) is 18.4 Å². The van der Waals surface area contributed by atoms with Crippen molar-refractivity contribution in [3.8, 4) is 0 Å². The summed E-state index contributed by atoms with van der Waals surface area (Å²) in [5.74, 6) is -1.57. The van der Waals surface area contributed by atoms with Gasteiger partial charge in [0.2, 0.25) is 0 Å². The van der Waals surface area contributed by atoms with Gasteiger partial charge in [0.1, 0.15) is 0 Å². The first-order chi connectivity index (χ1) is 14.4. The molecule has 0 radical (unpaired) electrons.